The second-order valence-corrected chi connectivity index (χ2v) is 7.47. The van der Waals surface area contributed by atoms with E-state index in [4.69, 9.17) is 5.73 Å². The number of nitrogens with two attached hydrogens (primary N) is 1. The number of benzene rings is 1. The minimum absolute atomic E-state index is 0.367. The van der Waals surface area contributed by atoms with Crippen molar-refractivity contribution in [2.24, 2.45) is 11.7 Å². The van der Waals surface area contributed by atoms with Crippen molar-refractivity contribution in [2.75, 3.05) is 0 Å². The second-order valence-electron chi connectivity index (χ2n) is 5.24. The lowest BCUT2D eigenvalue weighted by Gasteiger charge is -2.33. The average Bonchev–Trinajstić information content (AvgIpc) is 2.36. The molecule has 0 bridgehead atoms. The van der Waals surface area contributed by atoms with Gasteiger partial charge in [-0.15, -0.1) is 11.8 Å². The summed E-state index contributed by atoms with van der Waals surface area (Å²) >= 11 is 5.44. The maximum atomic E-state index is 6.29. The van der Waals surface area contributed by atoms with Crippen LogP contribution in [0.15, 0.2) is 33.6 Å². The Morgan fingerprint density at radius 1 is 1.28 bits per heavy atom. The van der Waals surface area contributed by atoms with Gasteiger partial charge in [0.05, 0.1) is 0 Å². The van der Waals surface area contributed by atoms with Gasteiger partial charge in [-0.2, -0.15) is 0 Å². The smallest absolute Gasteiger partial charge is 0.0248 e. The van der Waals surface area contributed by atoms with Gasteiger partial charge >= 0.3 is 0 Å². The first-order valence-electron chi connectivity index (χ1n) is 6.87. The van der Waals surface area contributed by atoms with E-state index in [1.54, 1.807) is 0 Å². The molecule has 0 amide bonds. The van der Waals surface area contributed by atoms with Crippen molar-refractivity contribution in [2.45, 2.75) is 55.2 Å². The Morgan fingerprint density at radius 3 is 2.67 bits per heavy atom. The molecule has 1 aliphatic carbocycles. The Morgan fingerprint density at radius 2 is 2.00 bits per heavy atom. The summed E-state index contributed by atoms with van der Waals surface area (Å²) in [5, 5.41) is 0.594. The molecule has 18 heavy (non-hydrogen) atoms. The zero-order valence-corrected chi connectivity index (χ0v) is 13.3. The van der Waals surface area contributed by atoms with Gasteiger partial charge in [0.15, 0.2) is 0 Å². The van der Waals surface area contributed by atoms with Gasteiger partial charge in [0.2, 0.25) is 0 Å². The van der Waals surface area contributed by atoms with Crippen molar-refractivity contribution in [3.05, 3.63) is 28.7 Å². The molecule has 2 rings (SSSR count). The normalized spacial score (nSPS) is 28.3. The molecule has 2 N–H and O–H groups in total. The summed E-state index contributed by atoms with van der Waals surface area (Å²) in [5.41, 5.74) is 6.29. The number of hydrogen-bond acceptors (Lipinski definition) is 2. The molecule has 100 valence electrons. The van der Waals surface area contributed by atoms with Gasteiger partial charge in [0, 0.05) is 20.7 Å². The predicted molar refractivity (Wildman–Crippen MR) is 84.0 cm³/mol. The van der Waals surface area contributed by atoms with E-state index < -0.39 is 0 Å². The van der Waals surface area contributed by atoms with Crippen LogP contribution in [0.1, 0.15) is 39.0 Å². The van der Waals surface area contributed by atoms with Gasteiger partial charge in [-0.1, -0.05) is 35.7 Å². The van der Waals surface area contributed by atoms with Crippen LogP contribution < -0.4 is 5.73 Å². The molecule has 1 aromatic carbocycles. The fraction of sp³-hybridized carbons (Fsp3) is 0.600. The molecular formula is C15H22BrNS. The van der Waals surface area contributed by atoms with Gasteiger partial charge < -0.3 is 5.73 Å². The molecule has 0 radical (unpaired) electrons. The molecular weight excluding hydrogens is 306 g/mol. The van der Waals surface area contributed by atoms with E-state index in [1.165, 1.54) is 37.0 Å². The third kappa shape index (κ3) is 4.01. The Labute approximate surface area is 123 Å². The molecule has 3 heteroatoms. The molecule has 1 saturated carbocycles. The molecule has 1 fully saturated rings. The third-order valence-electron chi connectivity index (χ3n) is 3.75. The molecule has 0 saturated heterocycles. The van der Waals surface area contributed by atoms with E-state index in [1.807, 2.05) is 11.8 Å². The highest BCUT2D eigenvalue weighted by atomic mass is 79.9. The van der Waals surface area contributed by atoms with Crippen LogP contribution in [-0.2, 0) is 0 Å². The lowest BCUT2D eigenvalue weighted by Crippen LogP contribution is -2.38. The standard InChI is InChI=1S/C15H22BrNS/c1-2-3-11-4-9-14(17)15(10-11)18-13-7-5-12(16)6-8-13/h5-8,11,14-15H,2-4,9-10,17H2,1H3. The topological polar surface area (TPSA) is 26.0 Å². The van der Waals surface area contributed by atoms with E-state index in [0.29, 0.717) is 11.3 Å². The summed E-state index contributed by atoms with van der Waals surface area (Å²) in [6, 6.07) is 8.96. The molecule has 0 spiro atoms. The number of halogens is 1. The van der Waals surface area contributed by atoms with E-state index in [9.17, 15) is 0 Å². The highest BCUT2D eigenvalue weighted by molar-refractivity contribution is 9.10. The molecule has 1 nitrogen and oxygen atoms in total. The lowest BCUT2D eigenvalue weighted by atomic mass is 9.83. The van der Waals surface area contributed by atoms with Gasteiger partial charge in [-0.05, 0) is 49.4 Å². The third-order valence-corrected chi connectivity index (χ3v) is 5.67. The Hall–Kier alpha value is 0.01000. The summed E-state index contributed by atoms with van der Waals surface area (Å²) in [6.45, 7) is 2.28. The molecule has 0 aliphatic heterocycles. The molecule has 0 aromatic heterocycles. The Kier molecular flexibility index (Phi) is 5.58. The Bertz CT molecular complexity index is 365. The minimum atomic E-state index is 0.367. The van der Waals surface area contributed by atoms with E-state index in [-0.39, 0.29) is 0 Å². The van der Waals surface area contributed by atoms with Gasteiger partial charge in [-0.25, -0.2) is 0 Å². The van der Waals surface area contributed by atoms with Gasteiger partial charge in [-0.3, -0.25) is 0 Å². The van der Waals surface area contributed by atoms with Crippen LogP contribution in [-0.4, -0.2) is 11.3 Å². The fourth-order valence-electron chi connectivity index (χ4n) is 2.73. The van der Waals surface area contributed by atoms with Crippen molar-refractivity contribution in [3.63, 3.8) is 0 Å². The highest BCUT2D eigenvalue weighted by Gasteiger charge is 2.28. The van der Waals surface area contributed by atoms with Crippen LogP contribution >= 0.6 is 27.7 Å². The molecule has 3 atom stereocenters. The number of hydrogen-bond donors (Lipinski definition) is 1. The first kappa shape index (κ1) is 14.4. The van der Waals surface area contributed by atoms with Crippen molar-refractivity contribution < 1.29 is 0 Å². The number of thioether (sulfide) groups is 1. The molecule has 1 aliphatic rings. The molecule has 0 heterocycles. The van der Waals surface area contributed by atoms with Crippen molar-refractivity contribution >= 4 is 27.7 Å². The summed E-state index contributed by atoms with van der Waals surface area (Å²) in [7, 11) is 0. The summed E-state index contributed by atoms with van der Waals surface area (Å²) in [6.07, 6.45) is 6.47. The quantitative estimate of drug-likeness (QED) is 0.856. The minimum Gasteiger partial charge on any atom is -0.327 e. The van der Waals surface area contributed by atoms with E-state index in [2.05, 4.69) is 47.1 Å². The maximum Gasteiger partial charge on any atom is 0.0248 e. The molecule has 3 unspecified atom stereocenters. The number of rotatable bonds is 4. The van der Waals surface area contributed by atoms with Crippen LogP contribution in [0.25, 0.3) is 0 Å². The molecule has 1 aromatic rings. The fourth-order valence-corrected chi connectivity index (χ4v) is 4.32. The summed E-state index contributed by atoms with van der Waals surface area (Å²) in [5.74, 6) is 0.891. The predicted octanol–water partition coefficient (Wildman–Crippen LogP) is 4.84. The van der Waals surface area contributed by atoms with Crippen LogP contribution in [0.3, 0.4) is 0 Å². The van der Waals surface area contributed by atoms with Crippen molar-refractivity contribution in [1.29, 1.82) is 0 Å². The lowest BCUT2D eigenvalue weighted by molar-refractivity contribution is 0.317. The largest absolute Gasteiger partial charge is 0.327 e. The summed E-state index contributed by atoms with van der Waals surface area (Å²) in [4.78, 5) is 1.34. The monoisotopic (exact) mass is 327 g/mol. The first-order valence-corrected chi connectivity index (χ1v) is 8.54. The first-order chi connectivity index (χ1) is 8.69. The average molecular weight is 328 g/mol. The van der Waals surface area contributed by atoms with Crippen molar-refractivity contribution in [3.8, 4) is 0 Å². The zero-order valence-electron chi connectivity index (χ0n) is 10.9. The highest BCUT2D eigenvalue weighted by Crippen LogP contribution is 2.37. The van der Waals surface area contributed by atoms with Crippen LogP contribution in [0.2, 0.25) is 0 Å². The van der Waals surface area contributed by atoms with E-state index >= 15 is 0 Å². The maximum absolute atomic E-state index is 6.29. The second kappa shape index (κ2) is 6.97. The van der Waals surface area contributed by atoms with Crippen LogP contribution in [0.5, 0.6) is 0 Å². The van der Waals surface area contributed by atoms with E-state index in [0.717, 1.165) is 10.4 Å². The van der Waals surface area contributed by atoms with Gasteiger partial charge in [0.25, 0.3) is 0 Å². The summed E-state index contributed by atoms with van der Waals surface area (Å²) < 4.78 is 1.14. The van der Waals surface area contributed by atoms with Crippen LogP contribution in [0.4, 0.5) is 0 Å². The van der Waals surface area contributed by atoms with Gasteiger partial charge in [0.1, 0.15) is 0 Å². The SMILES string of the molecule is CCCC1CCC(N)C(Sc2ccc(Br)cc2)C1. The zero-order chi connectivity index (χ0) is 13.0. The van der Waals surface area contributed by atoms with Crippen molar-refractivity contribution in [1.82, 2.24) is 0 Å². The Balaban J connectivity index is 1.95. The van der Waals surface area contributed by atoms with Crippen LogP contribution in [0, 0.1) is 5.92 Å².